The predicted octanol–water partition coefficient (Wildman–Crippen LogP) is 16.7. The second kappa shape index (κ2) is 25.0. The molecular formula is C74H48N10O6Pd2. The third-order valence-electron chi connectivity index (χ3n) is 15.5. The molecule has 0 spiro atoms. The molecule has 0 saturated heterocycles. The number of pyridine rings is 6. The van der Waals surface area contributed by atoms with Gasteiger partial charge in [-0.05, 0) is 115 Å². The predicted molar refractivity (Wildman–Crippen MR) is 353 cm³/mol. The Balaban J connectivity index is 0.000000148. The molecule has 0 amide bonds. The van der Waals surface area contributed by atoms with Gasteiger partial charge in [0, 0.05) is 109 Å². The van der Waals surface area contributed by atoms with Crippen LogP contribution in [0.3, 0.4) is 0 Å². The number of carbonyl (C=O) groups is 2. The van der Waals surface area contributed by atoms with Crippen molar-refractivity contribution in [3.63, 3.8) is 0 Å². The van der Waals surface area contributed by atoms with Crippen molar-refractivity contribution >= 4 is 133 Å². The Morgan fingerprint density at radius 3 is 1.52 bits per heavy atom. The molecule has 8 aromatic carbocycles. The number of benzene rings is 8. The van der Waals surface area contributed by atoms with Crippen molar-refractivity contribution in [2.24, 2.45) is 0 Å². The van der Waals surface area contributed by atoms with Gasteiger partial charge in [0.05, 0.1) is 66.5 Å². The standard InChI is InChI=1S/C35H21N5O.C35H19N5O.2C2H4O2.2Pd/c2*1-3-13-30-25(10-1)27-11-6-19-37-34(27)39(30)22-8-5-9-23(20-22)41-24-16-17-26-28(21-24)35-38-29-12-2-4-14-31(29)40(35)32-15-7-18-36-33(26)32;2*1-2(3)4;;/h1-21H;1-19H;2*1H3,(H,3,4);;/q;-2;;;;+2. The number of rotatable bonds is 6. The molecule has 10 heterocycles. The van der Waals surface area contributed by atoms with E-state index in [9.17, 15) is 0 Å². The monoisotopic (exact) mass is 1380 g/mol. The minimum atomic E-state index is -0.833. The number of hydrogen-bond donors (Lipinski definition) is 2. The zero-order valence-corrected chi connectivity index (χ0v) is 51.8. The van der Waals surface area contributed by atoms with E-state index in [0.717, 1.165) is 152 Å². The van der Waals surface area contributed by atoms with Crippen molar-refractivity contribution in [2.45, 2.75) is 13.8 Å². The summed E-state index contributed by atoms with van der Waals surface area (Å²) < 4.78 is 21.5. The zero-order chi connectivity index (χ0) is 61.0. The van der Waals surface area contributed by atoms with Crippen LogP contribution in [0.25, 0.3) is 132 Å². The van der Waals surface area contributed by atoms with Crippen LogP contribution in [0.4, 0.5) is 0 Å². The van der Waals surface area contributed by atoms with Gasteiger partial charge in [-0.15, -0.1) is 24.3 Å². The van der Waals surface area contributed by atoms with Gasteiger partial charge in [0.25, 0.3) is 11.9 Å². The van der Waals surface area contributed by atoms with E-state index in [-0.39, 0.29) is 40.8 Å². The number of aromatic nitrogens is 10. The summed E-state index contributed by atoms with van der Waals surface area (Å²) in [5, 5.41) is 23.2. The van der Waals surface area contributed by atoms with Gasteiger partial charge in [-0.2, -0.15) is 6.07 Å². The Morgan fingerprint density at radius 2 is 0.870 bits per heavy atom. The summed E-state index contributed by atoms with van der Waals surface area (Å²) in [4.78, 5) is 46.9. The smallest absolute Gasteiger partial charge is 0.503 e. The molecule has 0 radical (unpaired) electrons. The summed E-state index contributed by atoms with van der Waals surface area (Å²) in [7, 11) is 0. The molecule has 0 fully saturated rings. The van der Waals surface area contributed by atoms with Crippen LogP contribution >= 0.6 is 0 Å². The van der Waals surface area contributed by atoms with Crippen molar-refractivity contribution < 1.29 is 70.1 Å². The molecule has 18 heteroatoms. The number of fused-ring (bicyclic) bond motifs is 22. The van der Waals surface area contributed by atoms with Crippen LogP contribution in [0.15, 0.2) is 243 Å². The van der Waals surface area contributed by atoms with Crippen LogP contribution in [-0.4, -0.2) is 70.0 Å². The Morgan fingerprint density at radius 1 is 0.391 bits per heavy atom. The second-order valence-corrected chi connectivity index (χ2v) is 21.2. The van der Waals surface area contributed by atoms with Crippen LogP contribution in [0, 0.1) is 12.1 Å². The third-order valence-corrected chi connectivity index (χ3v) is 15.5. The van der Waals surface area contributed by atoms with E-state index in [1.807, 2.05) is 140 Å². The SMILES string of the molecule is CC(=O)O.CC(=O)O.[Pd+2].[Pd].[c-]1c(Oc2[c-]c3c(cc2)c2ncccc2n2c4ccccc4nc32)cccc1-n1c2ccccc2c2cccnc21.c1cc(Oc2ccc3c(c2)c2nc4ccccc4n2c2cccnc32)cc(-n2c3ccccc3c3cccnc32)c1. The molecule has 0 aliphatic rings. The Hall–Kier alpha value is -11.2. The molecule has 0 atom stereocenters. The molecule has 10 aromatic heterocycles. The van der Waals surface area contributed by atoms with E-state index in [1.54, 1.807) is 0 Å². The first kappa shape index (κ1) is 59.7. The Bertz CT molecular complexity index is 5430. The van der Waals surface area contributed by atoms with Crippen LogP contribution in [0.1, 0.15) is 13.8 Å². The summed E-state index contributed by atoms with van der Waals surface area (Å²) >= 11 is 0. The minimum absolute atomic E-state index is 0. The number of nitrogens with zero attached hydrogens (tertiary/aromatic N) is 10. The number of ether oxygens (including phenoxy) is 2. The van der Waals surface area contributed by atoms with Crippen LogP contribution in [-0.2, 0) is 50.4 Å². The molecule has 18 aromatic rings. The summed E-state index contributed by atoms with van der Waals surface area (Å²) in [6.07, 6.45) is 7.32. The number of carboxylic acids is 2. The third kappa shape index (κ3) is 10.7. The van der Waals surface area contributed by atoms with Crippen LogP contribution in [0.5, 0.6) is 23.0 Å². The topological polar surface area (TPSA) is 189 Å². The van der Waals surface area contributed by atoms with Crippen molar-refractivity contribution in [3.8, 4) is 34.4 Å². The van der Waals surface area contributed by atoms with Gasteiger partial charge < -0.3 is 28.7 Å². The molecule has 0 saturated carbocycles. The molecule has 450 valence electrons. The van der Waals surface area contributed by atoms with Crippen molar-refractivity contribution in [1.29, 1.82) is 0 Å². The Labute approximate surface area is 550 Å². The second-order valence-electron chi connectivity index (χ2n) is 21.2. The summed E-state index contributed by atoms with van der Waals surface area (Å²) in [5.41, 5.74) is 15.4. The van der Waals surface area contributed by atoms with E-state index in [2.05, 4.69) is 133 Å². The zero-order valence-electron chi connectivity index (χ0n) is 48.7. The normalized spacial score (nSPS) is 11.2. The largest absolute Gasteiger partial charge is 2.00 e. The fourth-order valence-electron chi connectivity index (χ4n) is 12.0. The first-order chi connectivity index (χ1) is 44.1. The van der Waals surface area contributed by atoms with E-state index in [1.165, 1.54) is 5.39 Å². The van der Waals surface area contributed by atoms with Crippen LogP contribution < -0.4 is 9.47 Å². The quantitative estimate of drug-likeness (QED) is 0.0912. The van der Waals surface area contributed by atoms with Gasteiger partial charge in [-0.3, -0.25) is 33.5 Å². The number of carboxylic acid groups (broad SMARTS) is 2. The Kier molecular flexibility index (Phi) is 16.2. The molecule has 2 N–H and O–H groups in total. The molecule has 16 nitrogen and oxygen atoms in total. The van der Waals surface area contributed by atoms with Gasteiger partial charge in [0.15, 0.2) is 0 Å². The van der Waals surface area contributed by atoms with Crippen molar-refractivity contribution in [2.75, 3.05) is 0 Å². The summed E-state index contributed by atoms with van der Waals surface area (Å²) in [5.74, 6) is 0.977. The molecule has 0 unspecified atom stereocenters. The maximum atomic E-state index is 9.00. The average molecular weight is 1390 g/mol. The number of para-hydroxylation sites is 6. The number of hydrogen-bond acceptors (Lipinski definition) is 10. The average Bonchev–Trinajstić information content (AvgIpc) is 1.54. The molecule has 18 rings (SSSR count). The fourth-order valence-corrected chi connectivity index (χ4v) is 12.0. The molecular weight excluding hydrogens is 1340 g/mol. The van der Waals surface area contributed by atoms with Gasteiger partial charge in [-0.25, -0.2) is 15.0 Å². The molecule has 92 heavy (non-hydrogen) atoms. The van der Waals surface area contributed by atoms with Gasteiger partial charge in [-0.1, -0.05) is 95.3 Å². The fraction of sp³-hybridized carbons (Fsp3) is 0.0270. The van der Waals surface area contributed by atoms with E-state index in [0.29, 0.717) is 11.5 Å². The summed E-state index contributed by atoms with van der Waals surface area (Å²) in [6.45, 7) is 2.17. The summed E-state index contributed by atoms with van der Waals surface area (Å²) in [6, 6.07) is 80.5. The van der Waals surface area contributed by atoms with Gasteiger partial charge in [0.2, 0.25) is 0 Å². The number of aliphatic carboxylic acids is 2. The molecule has 0 bridgehead atoms. The number of imidazole rings is 2. The maximum Gasteiger partial charge on any atom is 2.00 e. The van der Waals surface area contributed by atoms with E-state index >= 15 is 0 Å². The maximum absolute atomic E-state index is 9.00. The van der Waals surface area contributed by atoms with Crippen molar-refractivity contribution in [3.05, 3.63) is 255 Å². The van der Waals surface area contributed by atoms with E-state index in [4.69, 9.17) is 59.2 Å². The van der Waals surface area contributed by atoms with Gasteiger partial charge in [0.1, 0.15) is 28.4 Å². The first-order valence-corrected chi connectivity index (χ1v) is 28.8. The first-order valence-electron chi connectivity index (χ1n) is 28.8. The van der Waals surface area contributed by atoms with Crippen molar-refractivity contribution in [1.82, 2.24) is 47.8 Å². The van der Waals surface area contributed by atoms with Crippen LogP contribution in [0.2, 0.25) is 0 Å². The van der Waals surface area contributed by atoms with E-state index < -0.39 is 11.9 Å². The molecule has 0 aliphatic heterocycles. The van der Waals surface area contributed by atoms with Gasteiger partial charge >= 0.3 is 20.4 Å². The molecule has 0 aliphatic carbocycles. The minimum Gasteiger partial charge on any atom is -0.503 e.